The summed E-state index contributed by atoms with van der Waals surface area (Å²) in [6, 6.07) is 10.6. The summed E-state index contributed by atoms with van der Waals surface area (Å²) in [5.41, 5.74) is 0.944. The molecule has 5 nitrogen and oxygen atoms in total. The first-order valence-corrected chi connectivity index (χ1v) is 12.0. The van der Waals surface area contributed by atoms with Gasteiger partial charge in [-0.2, -0.15) is 4.31 Å². The first kappa shape index (κ1) is 20.8. The molecular weight excluding hydrogens is 472 g/mol. The van der Waals surface area contributed by atoms with Gasteiger partial charge in [0.1, 0.15) is 4.21 Å². The molecule has 0 aliphatic carbocycles. The topological polar surface area (TPSA) is 66.5 Å². The van der Waals surface area contributed by atoms with Gasteiger partial charge < -0.3 is 5.32 Å². The monoisotopic (exact) mass is 490 g/mol. The van der Waals surface area contributed by atoms with E-state index in [4.69, 9.17) is 11.6 Å². The van der Waals surface area contributed by atoms with Crippen LogP contribution in [0, 0.1) is 5.92 Å². The van der Waals surface area contributed by atoms with E-state index in [-0.39, 0.29) is 17.9 Å². The summed E-state index contributed by atoms with van der Waals surface area (Å²) in [6.45, 7) is 2.61. The van der Waals surface area contributed by atoms with Crippen LogP contribution in [0.4, 0.5) is 0 Å². The zero-order valence-electron chi connectivity index (χ0n) is 14.7. The molecule has 3 rings (SSSR count). The fourth-order valence-corrected chi connectivity index (χ4v) is 6.95. The van der Waals surface area contributed by atoms with Crippen LogP contribution >= 0.6 is 38.9 Å². The molecule has 1 aliphatic rings. The lowest BCUT2D eigenvalue weighted by Crippen LogP contribution is -2.43. The number of carbonyl (C=O) groups excluding carboxylic acids is 1. The van der Waals surface area contributed by atoms with Gasteiger partial charge in [0.25, 0.3) is 10.0 Å². The van der Waals surface area contributed by atoms with E-state index in [0.29, 0.717) is 35.2 Å². The molecule has 1 fully saturated rings. The van der Waals surface area contributed by atoms with Gasteiger partial charge in [0.2, 0.25) is 5.91 Å². The second-order valence-electron chi connectivity index (χ2n) is 6.52. The van der Waals surface area contributed by atoms with E-state index in [2.05, 4.69) is 21.2 Å². The molecule has 1 amide bonds. The Labute approximate surface area is 176 Å². The summed E-state index contributed by atoms with van der Waals surface area (Å²) in [4.78, 5) is 12.6. The van der Waals surface area contributed by atoms with Crippen molar-refractivity contribution in [3.05, 3.63) is 50.8 Å². The normalized spacial score (nSPS) is 17.6. The van der Waals surface area contributed by atoms with Crippen LogP contribution in [0.25, 0.3) is 0 Å². The maximum Gasteiger partial charge on any atom is 0.252 e. The third-order valence-electron chi connectivity index (χ3n) is 4.67. The third-order valence-corrected chi connectivity index (χ3v) is 8.90. The van der Waals surface area contributed by atoms with Crippen LogP contribution in [-0.2, 0) is 14.8 Å². The Morgan fingerprint density at radius 2 is 2.00 bits per heavy atom. The van der Waals surface area contributed by atoms with Gasteiger partial charge in [0, 0.05) is 24.0 Å². The number of nitrogens with one attached hydrogen (secondary N) is 1. The van der Waals surface area contributed by atoms with E-state index in [1.165, 1.54) is 15.6 Å². The van der Waals surface area contributed by atoms with Crippen LogP contribution in [-0.4, -0.2) is 31.7 Å². The van der Waals surface area contributed by atoms with Gasteiger partial charge in [-0.05, 0) is 65.5 Å². The number of halogens is 2. The average molecular weight is 492 g/mol. The zero-order chi connectivity index (χ0) is 19.6. The van der Waals surface area contributed by atoms with Crippen molar-refractivity contribution in [1.29, 1.82) is 0 Å². The second-order valence-corrected chi connectivity index (χ2v) is 11.6. The van der Waals surface area contributed by atoms with Crippen LogP contribution in [0.15, 0.2) is 44.4 Å². The standard InChI is InChI=1S/C18H20BrClN2O3S2/c1-12(14-3-2-4-15(20)11-14)21-18(23)13-7-9-22(10-8-13)27(24,25)17-6-5-16(19)26-17/h2-6,11-13H,7-10H2,1H3,(H,21,23). The summed E-state index contributed by atoms with van der Waals surface area (Å²) in [5.74, 6) is -0.230. The molecule has 1 saturated heterocycles. The summed E-state index contributed by atoms with van der Waals surface area (Å²) < 4.78 is 27.9. The Hall–Kier alpha value is -0.930. The second kappa shape index (κ2) is 8.61. The highest BCUT2D eigenvalue weighted by Crippen LogP contribution is 2.31. The quantitative estimate of drug-likeness (QED) is 0.672. The lowest BCUT2D eigenvalue weighted by Gasteiger charge is -2.30. The predicted octanol–water partition coefficient (Wildman–Crippen LogP) is 4.44. The predicted molar refractivity (Wildman–Crippen MR) is 112 cm³/mol. The van der Waals surface area contributed by atoms with Crippen molar-refractivity contribution < 1.29 is 13.2 Å². The maximum atomic E-state index is 12.7. The van der Waals surface area contributed by atoms with Crippen LogP contribution in [0.1, 0.15) is 31.4 Å². The number of amides is 1. The Morgan fingerprint density at radius 3 is 2.59 bits per heavy atom. The van der Waals surface area contributed by atoms with Crippen LogP contribution in [0.3, 0.4) is 0 Å². The number of sulfonamides is 1. The molecule has 1 atom stereocenters. The Morgan fingerprint density at radius 1 is 1.30 bits per heavy atom. The van der Waals surface area contributed by atoms with Crippen molar-refractivity contribution in [2.24, 2.45) is 5.92 Å². The summed E-state index contributed by atoms with van der Waals surface area (Å²) >= 11 is 10.5. The van der Waals surface area contributed by atoms with Gasteiger partial charge in [-0.1, -0.05) is 23.7 Å². The van der Waals surface area contributed by atoms with Gasteiger partial charge in [-0.15, -0.1) is 11.3 Å². The number of nitrogens with zero attached hydrogens (tertiary/aromatic N) is 1. The molecule has 9 heteroatoms. The smallest absolute Gasteiger partial charge is 0.252 e. The average Bonchev–Trinajstić information content (AvgIpc) is 3.09. The van der Waals surface area contributed by atoms with Crippen molar-refractivity contribution in [2.75, 3.05) is 13.1 Å². The molecule has 1 N–H and O–H groups in total. The molecule has 1 aromatic heterocycles. The molecule has 2 aromatic rings. The first-order valence-electron chi connectivity index (χ1n) is 8.58. The summed E-state index contributed by atoms with van der Waals surface area (Å²) in [5, 5.41) is 3.64. The molecular formula is C18H20BrClN2O3S2. The lowest BCUT2D eigenvalue weighted by molar-refractivity contribution is -0.126. The zero-order valence-corrected chi connectivity index (χ0v) is 18.7. The molecule has 0 bridgehead atoms. The Balaban J connectivity index is 1.58. The maximum absolute atomic E-state index is 12.7. The number of benzene rings is 1. The van der Waals surface area contributed by atoms with Crippen LogP contribution in [0.5, 0.6) is 0 Å². The van der Waals surface area contributed by atoms with Crippen LogP contribution < -0.4 is 5.32 Å². The summed E-state index contributed by atoms with van der Waals surface area (Å²) in [6.07, 6.45) is 1.03. The third kappa shape index (κ3) is 4.92. The number of hydrogen-bond acceptors (Lipinski definition) is 4. The number of hydrogen-bond donors (Lipinski definition) is 1. The molecule has 2 heterocycles. The highest BCUT2D eigenvalue weighted by molar-refractivity contribution is 9.11. The van der Waals surface area contributed by atoms with Crippen molar-refractivity contribution in [3.63, 3.8) is 0 Å². The molecule has 0 spiro atoms. The largest absolute Gasteiger partial charge is 0.349 e. The van der Waals surface area contributed by atoms with Gasteiger partial charge >= 0.3 is 0 Å². The minimum absolute atomic E-state index is 0.0432. The minimum Gasteiger partial charge on any atom is -0.349 e. The molecule has 146 valence electrons. The molecule has 1 aliphatic heterocycles. The van der Waals surface area contributed by atoms with Crippen LogP contribution in [0.2, 0.25) is 5.02 Å². The summed E-state index contributed by atoms with van der Waals surface area (Å²) in [7, 11) is -3.49. The van der Waals surface area contributed by atoms with Gasteiger partial charge in [0.15, 0.2) is 0 Å². The van der Waals surface area contributed by atoms with E-state index < -0.39 is 10.0 Å². The fraction of sp³-hybridized carbons (Fsp3) is 0.389. The van der Waals surface area contributed by atoms with Crippen molar-refractivity contribution in [2.45, 2.75) is 30.0 Å². The fourth-order valence-electron chi connectivity index (χ4n) is 3.11. The lowest BCUT2D eigenvalue weighted by atomic mass is 9.96. The molecule has 27 heavy (non-hydrogen) atoms. The molecule has 1 unspecified atom stereocenters. The molecule has 0 radical (unpaired) electrons. The van der Waals surface area contributed by atoms with Crippen molar-refractivity contribution >= 4 is 54.8 Å². The molecule has 1 aromatic carbocycles. The van der Waals surface area contributed by atoms with E-state index in [9.17, 15) is 13.2 Å². The Kier molecular flexibility index (Phi) is 6.63. The number of thiophene rings is 1. The Bertz CT molecular complexity index is 924. The minimum atomic E-state index is -3.49. The number of carbonyl (C=O) groups is 1. The van der Waals surface area contributed by atoms with E-state index in [0.717, 1.165) is 9.35 Å². The highest BCUT2D eigenvalue weighted by Gasteiger charge is 2.33. The van der Waals surface area contributed by atoms with E-state index in [1.54, 1.807) is 18.2 Å². The van der Waals surface area contributed by atoms with Gasteiger partial charge in [0.05, 0.1) is 9.83 Å². The van der Waals surface area contributed by atoms with Gasteiger partial charge in [-0.25, -0.2) is 8.42 Å². The first-order chi connectivity index (χ1) is 12.8. The highest BCUT2D eigenvalue weighted by atomic mass is 79.9. The van der Waals surface area contributed by atoms with Crippen molar-refractivity contribution in [1.82, 2.24) is 9.62 Å². The number of piperidine rings is 1. The molecule has 0 saturated carbocycles. The number of rotatable bonds is 5. The van der Waals surface area contributed by atoms with E-state index >= 15 is 0 Å². The van der Waals surface area contributed by atoms with Gasteiger partial charge in [-0.3, -0.25) is 4.79 Å². The van der Waals surface area contributed by atoms with E-state index in [1.807, 2.05) is 25.1 Å². The SMILES string of the molecule is CC(NC(=O)C1CCN(S(=O)(=O)c2ccc(Br)s2)CC1)c1cccc(Cl)c1. The van der Waals surface area contributed by atoms with Crippen molar-refractivity contribution in [3.8, 4) is 0 Å².